The molecule has 11 aromatic rings. The molecule has 0 aliphatic rings. The maximum Gasteiger partial charge on any atom is 0.164 e. The van der Waals surface area contributed by atoms with Crippen LogP contribution in [-0.2, 0) is 0 Å². The lowest BCUT2D eigenvalue weighted by atomic mass is 10.0. The van der Waals surface area contributed by atoms with Gasteiger partial charge in [0.1, 0.15) is 0 Å². The second kappa shape index (κ2) is 13.3. The van der Waals surface area contributed by atoms with Gasteiger partial charge in [-0.1, -0.05) is 133 Å². The molecule has 0 aliphatic carbocycles. The zero-order valence-corrected chi connectivity index (χ0v) is 31.2. The lowest BCUT2D eigenvalue weighted by Gasteiger charge is -2.13. The fourth-order valence-electron chi connectivity index (χ4n) is 8.40. The van der Waals surface area contributed by atoms with E-state index in [9.17, 15) is 0 Å². The van der Waals surface area contributed by atoms with Crippen molar-refractivity contribution in [3.05, 3.63) is 200 Å². The number of nitrogens with zero attached hydrogens (tertiary/aromatic N) is 5. The summed E-state index contributed by atoms with van der Waals surface area (Å²) in [5.41, 5.74) is 13.3. The molecule has 0 saturated heterocycles. The Balaban J connectivity index is 1.05. The van der Waals surface area contributed by atoms with Crippen LogP contribution in [0.5, 0.6) is 0 Å². The normalized spacial score (nSPS) is 11.6. The van der Waals surface area contributed by atoms with Crippen LogP contribution in [0.15, 0.2) is 194 Å². The predicted octanol–water partition coefficient (Wildman–Crippen LogP) is 13.0. The summed E-state index contributed by atoms with van der Waals surface area (Å²) in [6.45, 7) is 2.15. The second-order valence-corrected chi connectivity index (χ2v) is 14.5. The molecule has 0 bridgehead atoms. The molecule has 268 valence electrons. The van der Waals surface area contributed by atoms with Crippen LogP contribution in [0.4, 0.5) is 0 Å². The minimum Gasteiger partial charge on any atom is -0.309 e. The fourth-order valence-corrected chi connectivity index (χ4v) is 8.40. The number of benzene rings is 8. The van der Waals surface area contributed by atoms with E-state index in [1.54, 1.807) is 0 Å². The van der Waals surface area contributed by atoms with Gasteiger partial charge in [-0.3, -0.25) is 0 Å². The van der Waals surface area contributed by atoms with Crippen molar-refractivity contribution in [3.8, 4) is 56.7 Å². The predicted molar refractivity (Wildman–Crippen MR) is 235 cm³/mol. The largest absolute Gasteiger partial charge is 0.309 e. The van der Waals surface area contributed by atoms with Crippen molar-refractivity contribution in [2.24, 2.45) is 0 Å². The minimum atomic E-state index is 0.653. The summed E-state index contributed by atoms with van der Waals surface area (Å²) in [7, 11) is 0. The first-order chi connectivity index (χ1) is 28.2. The molecule has 0 spiro atoms. The van der Waals surface area contributed by atoms with Crippen molar-refractivity contribution in [2.45, 2.75) is 6.92 Å². The van der Waals surface area contributed by atoms with Crippen LogP contribution in [0.3, 0.4) is 0 Å². The Morgan fingerprint density at radius 2 is 0.807 bits per heavy atom. The van der Waals surface area contributed by atoms with Crippen LogP contribution >= 0.6 is 0 Å². The van der Waals surface area contributed by atoms with E-state index in [1.165, 1.54) is 43.7 Å². The van der Waals surface area contributed by atoms with E-state index >= 15 is 0 Å². The molecule has 0 aliphatic heterocycles. The molecule has 0 unspecified atom stereocenters. The fraction of sp³-hybridized carbons (Fsp3) is 0.0192. The average Bonchev–Trinajstić information content (AvgIpc) is 3.79. The number of hydrogen-bond acceptors (Lipinski definition) is 3. The molecule has 0 radical (unpaired) electrons. The summed E-state index contributed by atoms with van der Waals surface area (Å²) in [6, 6.07) is 68.6. The molecule has 5 heteroatoms. The number of rotatable bonds is 6. The van der Waals surface area contributed by atoms with Crippen molar-refractivity contribution in [2.75, 3.05) is 0 Å². The van der Waals surface area contributed by atoms with Crippen LogP contribution < -0.4 is 0 Å². The van der Waals surface area contributed by atoms with Gasteiger partial charge in [-0.2, -0.15) is 0 Å². The van der Waals surface area contributed by atoms with Crippen LogP contribution in [0.1, 0.15) is 5.56 Å². The Morgan fingerprint density at radius 1 is 0.316 bits per heavy atom. The molecule has 0 N–H and O–H groups in total. The van der Waals surface area contributed by atoms with Crippen LogP contribution in [0.25, 0.3) is 100 Å². The third-order valence-electron chi connectivity index (χ3n) is 11.1. The van der Waals surface area contributed by atoms with Crippen molar-refractivity contribution >= 4 is 43.6 Å². The standard InChI is InChI=1S/C52H35N5/c1-34-31-40(27-29-41(34)52-54-50(35-15-5-2-6-16-35)53-51(55-52)36-17-7-3-8-18-36)57-46-23-13-11-21-42(46)44-28-25-38(33-49(44)57)37-26-30-48-45(32-37)43-22-12-14-24-47(43)56(48)39-19-9-4-10-20-39/h2-33H,1H3. The van der Waals surface area contributed by atoms with Crippen molar-refractivity contribution < 1.29 is 0 Å². The Hall–Kier alpha value is -7.63. The Morgan fingerprint density at radius 3 is 1.46 bits per heavy atom. The van der Waals surface area contributed by atoms with Gasteiger partial charge in [-0.25, -0.2) is 15.0 Å². The van der Waals surface area contributed by atoms with Crippen LogP contribution in [0, 0.1) is 6.92 Å². The third kappa shape index (κ3) is 5.51. The summed E-state index contributed by atoms with van der Waals surface area (Å²) in [5.74, 6) is 1.96. The number of fused-ring (bicyclic) bond motifs is 6. The topological polar surface area (TPSA) is 48.5 Å². The maximum absolute atomic E-state index is 5.03. The number of aryl methyl sites for hydroxylation is 1. The SMILES string of the molecule is Cc1cc(-n2c3ccccc3c3ccc(-c4ccc5c(c4)c4ccccc4n5-c4ccccc4)cc32)ccc1-c1nc(-c2ccccc2)nc(-c2ccccc2)n1. The van der Waals surface area contributed by atoms with E-state index in [2.05, 4.69) is 150 Å². The number of para-hydroxylation sites is 3. The maximum atomic E-state index is 5.03. The van der Waals surface area contributed by atoms with E-state index in [4.69, 9.17) is 15.0 Å². The zero-order valence-electron chi connectivity index (χ0n) is 31.2. The molecule has 3 aromatic heterocycles. The van der Waals surface area contributed by atoms with Crippen molar-refractivity contribution in [1.29, 1.82) is 0 Å². The summed E-state index contributed by atoms with van der Waals surface area (Å²) in [5, 5.41) is 4.92. The first-order valence-electron chi connectivity index (χ1n) is 19.3. The van der Waals surface area contributed by atoms with Gasteiger partial charge in [0.05, 0.1) is 22.1 Å². The quantitative estimate of drug-likeness (QED) is 0.171. The Kier molecular flexibility index (Phi) is 7.64. The highest BCUT2D eigenvalue weighted by Crippen LogP contribution is 2.39. The molecule has 0 saturated carbocycles. The summed E-state index contributed by atoms with van der Waals surface area (Å²) in [4.78, 5) is 15.0. The van der Waals surface area contributed by atoms with Gasteiger partial charge < -0.3 is 9.13 Å². The molecule has 0 atom stereocenters. The number of hydrogen-bond donors (Lipinski definition) is 0. The smallest absolute Gasteiger partial charge is 0.164 e. The lowest BCUT2D eigenvalue weighted by Crippen LogP contribution is -2.02. The summed E-state index contributed by atoms with van der Waals surface area (Å²) in [6.07, 6.45) is 0. The van der Waals surface area contributed by atoms with E-state index in [0.717, 1.165) is 44.7 Å². The zero-order chi connectivity index (χ0) is 37.9. The Bertz CT molecular complexity index is 3230. The molecular weight excluding hydrogens is 695 g/mol. The molecule has 11 rings (SSSR count). The van der Waals surface area contributed by atoms with Gasteiger partial charge in [-0.05, 0) is 84.3 Å². The highest BCUT2D eigenvalue weighted by atomic mass is 15.0. The van der Waals surface area contributed by atoms with Crippen LogP contribution in [-0.4, -0.2) is 24.1 Å². The van der Waals surface area contributed by atoms with Crippen molar-refractivity contribution in [1.82, 2.24) is 24.1 Å². The number of aromatic nitrogens is 5. The van der Waals surface area contributed by atoms with Crippen LogP contribution in [0.2, 0.25) is 0 Å². The van der Waals surface area contributed by atoms with E-state index in [1.807, 2.05) is 60.7 Å². The van der Waals surface area contributed by atoms with Gasteiger partial charge in [0.15, 0.2) is 17.5 Å². The lowest BCUT2D eigenvalue weighted by molar-refractivity contribution is 1.07. The molecule has 8 aromatic carbocycles. The van der Waals surface area contributed by atoms with Gasteiger partial charge in [0.2, 0.25) is 0 Å². The van der Waals surface area contributed by atoms with E-state index in [0.29, 0.717) is 17.5 Å². The Labute approximate surface area is 329 Å². The summed E-state index contributed by atoms with van der Waals surface area (Å²) < 4.78 is 4.76. The summed E-state index contributed by atoms with van der Waals surface area (Å²) >= 11 is 0. The van der Waals surface area contributed by atoms with Gasteiger partial charge in [0, 0.05) is 49.6 Å². The van der Waals surface area contributed by atoms with Gasteiger partial charge in [0.25, 0.3) is 0 Å². The molecular formula is C52H35N5. The molecule has 0 fully saturated rings. The van der Waals surface area contributed by atoms with Crippen molar-refractivity contribution in [3.63, 3.8) is 0 Å². The first-order valence-corrected chi connectivity index (χ1v) is 19.3. The molecule has 0 amide bonds. The van der Waals surface area contributed by atoms with Gasteiger partial charge in [-0.15, -0.1) is 0 Å². The monoisotopic (exact) mass is 729 g/mol. The molecule has 3 heterocycles. The average molecular weight is 730 g/mol. The third-order valence-corrected chi connectivity index (χ3v) is 11.1. The highest BCUT2D eigenvalue weighted by molar-refractivity contribution is 6.12. The molecule has 5 nitrogen and oxygen atoms in total. The van der Waals surface area contributed by atoms with E-state index < -0.39 is 0 Å². The van der Waals surface area contributed by atoms with E-state index in [-0.39, 0.29) is 0 Å². The first kappa shape index (κ1) is 32.8. The highest BCUT2D eigenvalue weighted by Gasteiger charge is 2.18. The second-order valence-electron chi connectivity index (χ2n) is 14.5. The van der Waals surface area contributed by atoms with Gasteiger partial charge >= 0.3 is 0 Å². The molecule has 57 heavy (non-hydrogen) atoms. The minimum absolute atomic E-state index is 0.653.